The van der Waals surface area contributed by atoms with Crippen molar-refractivity contribution in [3.05, 3.63) is 65.2 Å². The topological polar surface area (TPSA) is 79.0 Å². The quantitative estimate of drug-likeness (QED) is 0.638. The van der Waals surface area contributed by atoms with Crippen LogP contribution >= 0.6 is 0 Å². The standard InChI is InChI=1S/C23H31N3O4S/c1-19-6-8-22(9-7-19)31(28,29)26(17-21-5-3-4-20(2)16-21)18-23(27)24-10-11-25-12-14-30-15-13-25/h3-9,16H,10-15,17-18H2,1-2H3,(H,24,27). The van der Waals surface area contributed by atoms with E-state index in [1.165, 1.54) is 4.31 Å². The minimum Gasteiger partial charge on any atom is -0.379 e. The van der Waals surface area contributed by atoms with Gasteiger partial charge in [0.05, 0.1) is 24.7 Å². The van der Waals surface area contributed by atoms with E-state index in [4.69, 9.17) is 4.74 Å². The molecule has 0 spiro atoms. The average molecular weight is 446 g/mol. The SMILES string of the molecule is Cc1ccc(S(=O)(=O)N(CC(=O)NCCN2CCOCC2)Cc2cccc(C)c2)cc1. The van der Waals surface area contributed by atoms with Gasteiger partial charge < -0.3 is 10.1 Å². The maximum absolute atomic E-state index is 13.3. The maximum atomic E-state index is 13.3. The third-order valence-electron chi connectivity index (χ3n) is 5.27. The molecular weight excluding hydrogens is 414 g/mol. The smallest absolute Gasteiger partial charge is 0.243 e. The highest BCUT2D eigenvalue weighted by Crippen LogP contribution is 2.19. The molecule has 0 aliphatic carbocycles. The van der Waals surface area contributed by atoms with Crippen molar-refractivity contribution in [1.29, 1.82) is 0 Å². The number of rotatable bonds is 9. The molecule has 1 heterocycles. The molecule has 2 aromatic carbocycles. The predicted octanol–water partition coefficient (Wildman–Crippen LogP) is 1.94. The van der Waals surface area contributed by atoms with E-state index in [0.29, 0.717) is 19.8 Å². The highest BCUT2D eigenvalue weighted by atomic mass is 32.2. The fourth-order valence-corrected chi connectivity index (χ4v) is 4.88. The number of carbonyl (C=O) groups is 1. The molecule has 0 saturated carbocycles. The molecule has 0 atom stereocenters. The van der Waals surface area contributed by atoms with Crippen LogP contribution in [0, 0.1) is 13.8 Å². The van der Waals surface area contributed by atoms with Gasteiger partial charge in [0, 0.05) is 32.7 Å². The molecule has 0 radical (unpaired) electrons. The monoisotopic (exact) mass is 445 g/mol. The predicted molar refractivity (Wildman–Crippen MR) is 120 cm³/mol. The second-order valence-corrected chi connectivity index (χ2v) is 9.82. The highest BCUT2D eigenvalue weighted by molar-refractivity contribution is 7.89. The first kappa shape index (κ1) is 23.4. The molecule has 1 aliphatic heterocycles. The molecule has 0 unspecified atom stereocenters. The highest BCUT2D eigenvalue weighted by Gasteiger charge is 2.27. The number of amides is 1. The Hall–Kier alpha value is -2.26. The van der Waals surface area contributed by atoms with E-state index in [2.05, 4.69) is 10.2 Å². The zero-order chi connectivity index (χ0) is 22.3. The van der Waals surface area contributed by atoms with Crippen molar-refractivity contribution in [2.45, 2.75) is 25.3 Å². The fourth-order valence-electron chi connectivity index (χ4n) is 3.49. The Morgan fingerprint density at radius 2 is 1.77 bits per heavy atom. The summed E-state index contributed by atoms with van der Waals surface area (Å²) in [7, 11) is -3.82. The van der Waals surface area contributed by atoms with Gasteiger partial charge >= 0.3 is 0 Å². The lowest BCUT2D eigenvalue weighted by Crippen LogP contribution is -2.44. The molecule has 0 aromatic heterocycles. The van der Waals surface area contributed by atoms with Crippen LogP contribution < -0.4 is 5.32 Å². The molecule has 1 aliphatic rings. The Morgan fingerprint density at radius 1 is 1.06 bits per heavy atom. The number of sulfonamides is 1. The minimum absolute atomic E-state index is 0.134. The van der Waals surface area contributed by atoms with Gasteiger partial charge in [0.2, 0.25) is 15.9 Å². The van der Waals surface area contributed by atoms with Crippen molar-refractivity contribution >= 4 is 15.9 Å². The second-order valence-electron chi connectivity index (χ2n) is 7.88. The molecule has 31 heavy (non-hydrogen) atoms. The molecule has 1 saturated heterocycles. The first-order valence-corrected chi connectivity index (χ1v) is 12.0. The number of hydrogen-bond acceptors (Lipinski definition) is 5. The first-order chi connectivity index (χ1) is 14.8. The number of morpholine rings is 1. The number of aryl methyl sites for hydroxylation is 2. The lowest BCUT2D eigenvalue weighted by Gasteiger charge is -2.27. The summed E-state index contributed by atoms with van der Waals surface area (Å²) in [5.74, 6) is -0.309. The van der Waals surface area contributed by atoms with Gasteiger partial charge in [-0.1, -0.05) is 47.5 Å². The van der Waals surface area contributed by atoms with Crippen molar-refractivity contribution in [2.24, 2.45) is 0 Å². The Balaban J connectivity index is 1.70. The Morgan fingerprint density at radius 3 is 2.45 bits per heavy atom. The van der Waals surface area contributed by atoms with Gasteiger partial charge in [-0.3, -0.25) is 9.69 Å². The van der Waals surface area contributed by atoms with Gasteiger partial charge in [-0.05, 0) is 31.5 Å². The molecule has 1 amide bonds. The molecular formula is C23H31N3O4S. The van der Waals surface area contributed by atoms with E-state index in [0.717, 1.165) is 36.3 Å². The lowest BCUT2D eigenvalue weighted by atomic mass is 10.1. The summed E-state index contributed by atoms with van der Waals surface area (Å²) in [5, 5.41) is 2.86. The third kappa shape index (κ3) is 6.87. The van der Waals surface area contributed by atoms with E-state index in [1.807, 2.05) is 38.1 Å². The molecule has 2 aromatic rings. The number of hydrogen-bond donors (Lipinski definition) is 1. The average Bonchev–Trinajstić information content (AvgIpc) is 2.74. The van der Waals surface area contributed by atoms with Crippen LogP contribution in [0.4, 0.5) is 0 Å². The van der Waals surface area contributed by atoms with Crippen molar-refractivity contribution in [1.82, 2.24) is 14.5 Å². The number of ether oxygens (including phenoxy) is 1. The number of nitrogens with zero attached hydrogens (tertiary/aromatic N) is 2. The van der Waals surface area contributed by atoms with Crippen LogP contribution in [-0.2, 0) is 26.1 Å². The number of carbonyl (C=O) groups excluding carboxylic acids is 1. The van der Waals surface area contributed by atoms with E-state index in [-0.39, 0.29) is 23.9 Å². The summed E-state index contributed by atoms with van der Waals surface area (Å²) in [6, 6.07) is 14.4. The van der Waals surface area contributed by atoms with Crippen molar-refractivity contribution < 1.29 is 17.9 Å². The Labute approximate surface area is 185 Å². The Kier molecular flexibility index (Phi) is 8.20. The molecule has 1 N–H and O–H groups in total. The van der Waals surface area contributed by atoms with Crippen LogP contribution in [0.2, 0.25) is 0 Å². The summed E-state index contributed by atoms with van der Waals surface area (Å²) in [6.07, 6.45) is 0. The molecule has 8 heteroatoms. The van der Waals surface area contributed by atoms with Crippen molar-refractivity contribution in [2.75, 3.05) is 45.9 Å². The van der Waals surface area contributed by atoms with Crippen LogP contribution in [0.3, 0.4) is 0 Å². The van der Waals surface area contributed by atoms with Crippen molar-refractivity contribution in [3.8, 4) is 0 Å². The number of benzene rings is 2. The number of nitrogens with one attached hydrogen (secondary N) is 1. The molecule has 168 valence electrons. The van der Waals surface area contributed by atoms with Gasteiger partial charge in [0.25, 0.3) is 0 Å². The fraction of sp³-hybridized carbons (Fsp3) is 0.435. The largest absolute Gasteiger partial charge is 0.379 e. The summed E-state index contributed by atoms with van der Waals surface area (Å²) >= 11 is 0. The summed E-state index contributed by atoms with van der Waals surface area (Å²) in [6.45, 7) is 8.05. The normalized spacial score (nSPS) is 15.2. The van der Waals surface area contributed by atoms with Crippen LogP contribution in [0.15, 0.2) is 53.4 Å². The lowest BCUT2D eigenvalue weighted by molar-refractivity contribution is -0.121. The van der Waals surface area contributed by atoms with Gasteiger partial charge in [-0.15, -0.1) is 0 Å². The van der Waals surface area contributed by atoms with Crippen LogP contribution in [-0.4, -0.2) is 69.5 Å². The third-order valence-corrected chi connectivity index (χ3v) is 7.08. The van der Waals surface area contributed by atoms with Crippen LogP contribution in [0.25, 0.3) is 0 Å². The summed E-state index contributed by atoms with van der Waals surface area (Å²) in [4.78, 5) is 15.0. The van der Waals surface area contributed by atoms with E-state index >= 15 is 0 Å². The molecule has 7 nitrogen and oxygen atoms in total. The van der Waals surface area contributed by atoms with Crippen molar-refractivity contribution in [3.63, 3.8) is 0 Å². The van der Waals surface area contributed by atoms with E-state index < -0.39 is 10.0 Å². The van der Waals surface area contributed by atoms with Gasteiger partial charge in [-0.2, -0.15) is 4.31 Å². The molecule has 1 fully saturated rings. The van der Waals surface area contributed by atoms with Gasteiger partial charge in [-0.25, -0.2) is 8.42 Å². The summed E-state index contributed by atoms with van der Waals surface area (Å²) < 4.78 is 33.2. The van der Waals surface area contributed by atoms with Crippen LogP contribution in [0.1, 0.15) is 16.7 Å². The van der Waals surface area contributed by atoms with E-state index in [1.54, 1.807) is 24.3 Å². The second kappa shape index (κ2) is 10.9. The summed E-state index contributed by atoms with van der Waals surface area (Å²) in [5.41, 5.74) is 2.86. The molecule has 0 bridgehead atoms. The van der Waals surface area contributed by atoms with E-state index in [9.17, 15) is 13.2 Å². The van der Waals surface area contributed by atoms with Gasteiger partial charge in [0.15, 0.2) is 0 Å². The van der Waals surface area contributed by atoms with Gasteiger partial charge in [0.1, 0.15) is 0 Å². The zero-order valence-electron chi connectivity index (χ0n) is 18.2. The zero-order valence-corrected chi connectivity index (χ0v) is 19.0. The first-order valence-electron chi connectivity index (χ1n) is 10.5. The molecule has 3 rings (SSSR count). The van der Waals surface area contributed by atoms with Crippen LogP contribution in [0.5, 0.6) is 0 Å². The Bertz CT molecular complexity index is 971. The maximum Gasteiger partial charge on any atom is 0.243 e. The minimum atomic E-state index is -3.82.